The second-order valence-electron chi connectivity index (χ2n) is 23.1. The van der Waals surface area contributed by atoms with Crippen molar-refractivity contribution in [2.24, 2.45) is 69.5 Å². The van der Waals surface area contributed by atoms with Crippen molar-refractivity contribution < 1.29 is 34.8 Å². The molecule has 0 radical (unpaired) electrons. The van der Waals surface area contributed by atoms with Gasteiger partial charge >= 0.3 is 5.97 Å². The summed E-state index contributed by atoms with van der Waals surface area (Å²) in [5.74, 6) is 8.61. The third-order valence-corrected chi connectivity index (χ3v) is 20.4. The Morgan fingerprint density at radius 2 is 1.76 bits per heavy atom. The first-order valence-corrected chi connectivity index (χ1v) is 25.1. The maximum absolute atomic E-state index is 12.6. The van der Waals surface area contributed by atoms with Crippen LogP contribution in [0, 0.1) is 81.3 Å². The number of carboxylic acid groups (broad SMARTS) is 1. The number of rotatable bonds is 10. The molecule has 1 aromatic rings. The summed E-state index contributed by atoms with van der Waals surface area (Å²) < 4.78 is 6.68. The summed E-state index contributed by atoms with van der Waals surface area (Å²) in [6.45, 7) is 14.6. The van der Waals surface area contributed by atoms with Crippen molar-refractivity contribution in [3.05, 3.63) is 52.6 Å². The molecule has 0 amide bonds. The highest BCUT2D eigenvalue weighted by Gasteiger charge is 2.67. The van der Waals surface area contributed by atoms with Crippen LogP contribution in [-0.2, 0) is 14.3 Å². The molecular weight excluding hydrogens is 787 g/mol. The second kappa shape index (κ2) is 16.7. The molecule has 344 valence electrons. The first-order valence-electron chi connectivity index (χ1n) is 25.1. The Bertz CT molecular complexity index is 2060. The summed E-state index contributed by atoms with van der Waals surface area (Å²) in [4.78, 5) is 26.3. The van der Waals surface area contributed by atoms with Crippen LogP contribution >= 0.6 is 0 Å². The highest BCUT2D eigenvalue weighted by Crippen LogP contribution is 2.70. The number of hydrogen-bond acceptors (Lipinski definition) is 7. The van der Waals surface area contributed by atoms with Gasteiger partial charge in [-0.05, 0) is 177 Å². The standard InChI is InChI=1S/C55H77NO7/c1-8-22-55(62)33(3)26-45-41-16-12-35-27-38(57)15-17-40(35)50(41)42(31-53(45,55)5)34-10-13-37(14-11-34)56(7)24-25-63-39-21-23-52(4)36(28-39)29-47(58)51-44-19-18-43(32(2)9-20-49(60)61)54(44,6)48(59)30-46(51)52/h10-14,32-33,36,39,41-48,51,58-59,62H,9,15-21,23-31H2,1-7H3,(H,60,61)/t32-,33-,36+,39+,41?,42-,43?,44+,45?,46+,47-,48+,51+,52+,53+,54-,55+/m1/s1. The summed E-state index contributed by atoms with van der Waals surface area (Å²) in [7, 11) is 2.14. The third kappa shape index (κ3) is 7.23. The van der Waals surface area contributed by atoms with Crippen molar-refractivity contribution in [2.45, 2.75) is 168 Å². The van der Waals surface area contributed by atoms with Gasteiger partial charge in [0.2, 0.25) is 0 Å². The van der Waals surface area contributed by atoms with E-state index in [-0.39, 0.29) is 76.3 Å². The van der Waals surface area contributed by atoms with Crippen LogP contribution in [0.1, 0.15) is 149 Å². The first kappa shape index (κ1) is 45.2. The maximum atomic E-state index is 12.6. The number of aliphatic hydroxyl groups excluding tert-OH is 2. The number of anilines is 1. The summed E-state index contributed by atoms with van der Waals surface area (Å²) in [5, 5.41) is 45.7. The van der Waals surface area contributed by atoms with Crippen molar-refractivity contribution in [2.75, 3.05) is 25.1 Å². The van der Waals surface area contributed by atoms with Crippen LogP contribution in [0.15, 0.2) is 47.1 Å². The molecule has 8 aliphatic rings. The largest absolute Gasteiger partial charge is 0.481 e. The van der Waals surface area contributed by atoms with Crippen molar-refractivity contribution in [3.8, 4) is 11.8 Å². The van der Waals surface area contributed by atoms with Crippen LogP contribution in [-0.4, -0.2) is 76.3 Å². The van der Waals surface area contributed by atoms with Crippen molar-refractivity contribution >= 4 is 17.4 Å². The number of ether oxygens (including phenoxy) is 1. The molecule has 63 heavy (non-hydrogen) atoms. The highest BCUT2D eigenvalue weighted by molar-refractivity contribution is 5.84. The monoisotopic (exact) mass is 864 g/mol. The SMILES string of the molecule is CC#C[C@]1(O)[C@H](C)CC2C3CC=C4CC(=O)CCC4=C3[C@@H](c3ccc(N(C)CCO[C@H]4CC[C@@]5(C)[C@@H](C4)C[C@@H](O)[C@@H]4[C@@H]5C[C@H](O)[C@]5(C)C([C@H](C)CCC(=O)O)CC[C@@H]45)cc3)C[C@@]21C. The lowest BCUT2D eigenvalue weighted by Gasteiger charge is -2.63. The van der Waals surface area contributed by atoms with Crippen LogP contribution in [0.4, 0.5) is 5.69 Å². The quantitative estimate of drug-likeness (QED) is 0.172. The van der Waals surface area contributed by atoms with Gasteiger partial charge in [-0.3, -0.25) is 9.59 Å². The molecule has 1 aromatic carbocycles. The molecule has 0 heterocycles. The normalized spacial score (nSPS) is 44.4. The Labute approximate surface area is 377 Å². The molecule has 7 fully saturated rings. The lowest BCUT2D eigenvalue weighted by atomic mass is 9.43. The van der Waals surface area contributed by atoms with E-state index in [2.05, 4.69) is 88.7 Å². The summed E-state index contributed by atoms with van der Waals surface area (Å²) >= 11 is 0. The van der Waals surface area contributed by atoms with Crippen molar-refractivity contribution in [1.29, 1.82) is 0 Å². The lowest BCUT2D eigenvalue weighted by Crippen LogP contribution is -2.62. The Balaban J connectivity index is 0.846. The number of carboxylic acids is 1. The molecule has 9 rings (SSSR count). The van der Waals surface area contributed by atoms with Gasteiger partial charge in [-0.1, -0.05) is 64.3 Å². The van der Waals surface area contributed by atoms with E-state index in [1.807, 2.05) is 6.92 Å². The number of fused-ring (bicyclic) bond motifs is 9. The van der Waals surface area contributed by atoms with Gasteiger partial charge in [0.15, 0.2) is 0 Å². The first-order chi connectivity index (χ1) is 29.9. The van der Waals surface area contributed by atoms with E-state index >= 15 is 0 Å². The van der Waals surface area contributed by atoms with Gasteiger partial charge in [0.25, 0.3) is 0 Å². The molecule has 0 bridgehead atoms. The zero-order valence-corrected chi connectivity index (χ0v) is 39.4. The maximum Gasteiger partial charge on any atom is 0.303 e. The predicted octanol–water partition coefficient (Wildman–Crippen LogP) is 9.51. The highest BCUT2D eigenvalue weighted by atomic mass is 16.5. The molecule has 8 aliphatic carbocycles. The smallest absolute Gasteiger partial charge is 0.303 e. The minimum absolute atomic E-state index is 0.0626. The molecule has 17 atom stereocenters. The fourth-order valence-electron chi connectivity index (χ4n) is 17.0. The van der Waals surface area contributed by atoms with Crippen LogP contribution in [0.25, 0.3) is 0 Å². The Morgan fingerprint density at radius 1 is 1.00 bits per heavy atom. The topological polar surface area (TPSA) is 128 Å². The molecule has 3 unspecified atom stereocenters. The van der Waals surface area contributed by atoms with Crippen LogP contribution in [0.3, 0.4) is 0 Å². The van der Waals surface area contributed by atoms with E-state index in [4.69, 9.17) is 4.74 Å². The lowest BCUT2D eigenvalue weighted by molar-refractivity contribution is -0.209. The van der Waals surface area contributed by atoms with E-state index in [0.717, 1.165) is 82.9 Å². The molecule has 8 heteroatoms. The van der Waals surface area contributed by atoms with E-state index in [1.165, 1.54) is 22.3 Å². The number of carbonyl (C=O) groups excluding carboxylic acids is 1. The fourth-order valence-corrected chi connectivity index (χ4v) is 17.0. The zero-order valence-electron chi connectivity index (χ0n) is 39.4. The van der Waals surface area contributed by atoms with Gasteiger partial charge in [0, 0.05) is 49.9 Å². The van der Waals surface area contributed by atoms with Crippen molar-refractivity contribution in [1.82, 2.24) is 0 Å². The summed E-state index contributed by atoms with van der Waals surface area (Å²) in [6, 6.07) is 9.12. The number of benzene rings is 1. The molecule has 0 aliphatic heterocycles. The number of likely N-dealkylation sites (N-methyl/N-ethyl adjacent to an activating group) is 1. The fraction of sp³-hybridized carbons (Fsp3) is 0.745. The van der Waals surface area contributed by atoms with E-state index < -0.39 is 17.7 Å². The van der Waals surface area contributed by atoms with Gasteiger partial charge in [-0.15, -0.1) is 5.92 Å². The van der Waals surface area contributed by atoms with Crippen molar-refractivity contribution in [3.63, 3.8) is 0 Å². The third-order valence-electron chi connectivity index (χ3n) is 20.4. The summed E-state index contributed by atoms with van der Waals surface area (Å²) in [5.41, 5.74) is 5.06. The predicted molar refractivity (Wildman–Crippen MR) is 247 cm³/mol. The number of nitrogens with zero attached hydrogens (tertiary/aromatic N) is 1. The van der Waals surface area contributed by atoms with Crippen LogP contribution in [0.2, 0.25) is 0 Å². The number of Topliss-reactive ketones (excluding diaryl/α,β-unsaturated/α-hetero) is 1. The molecule has 0 saturated heterocycles. The zero-order chi connectivity index (χ0) is 44.8. The number of allylic oxidation sites excluding steroid dienone is 4. The number of aliphatic carboxylic acids is 1. The van der Waals surface area contributed by atoms with E-state index in [9.17, 15) is 30.0 Å². The molecule has 8 nitrogen and oxygen atoms in total. The Hall–Kier alpha value is -2.96. The molecular formula is C55H77NO7. The average Bonchev–Trinajstić information content (AvgIpc) is 3.71. The van der Waals surface area contributed by atoms with Gasteiger partial charge in [-0.25, -0.2) is 0 Å². The minimum atomic E-state index is -1.03. The number of aliphatic hydroxyl groups is 3. The van der Waals surface area contributed by atoms with Gasteiger partial charge in [-0.2, -0.15) is 0 Å². The van der Waals surface area contributed by atoms with Gasteiger partial charge in [0.05, 0.1) is 24.9 Å². The second-order valence-corrected chi connectivity index (χ2v) is 23.1. The van der Waals surface area contributed by atoms with Gasteiger partial charge < -0.3 is 30.1 Å². The molecule has 4 N–H and O–H groups in total. The van der Waals surface area contributed by atoms with E-state index in [1.54, 1.807) is 0 Å². The molecule has 0 spiro atoms. The number of ketones is 1. The number of hydrogen-bond donors (Lipinski definition) is 4. The summed E-state index contributed by atoms with van der Waals surface area (Å²) in [6.07, 6.45) is 13.8. The average molecular weight is 864 g/mol. The minimum Gasteiger partial charge on any atom is -0.481 e. The number of carbonyl (C=O) groups is 2. The Kier molecular flexibility index (Phi) is 12.0. The van der Waals surface area contributed by atoms with Gasteiger partial charge in [0.1, 0.15) is 11.4 Å². The Morgan fingerprint density at radius 3 is 2.49 bits per heavy atom. The molecule has 0 aromatic heterocycles. The van der Waals surface area contributed by atoms with Crippen LogP contribution in [0.5, 0.6) is 0 Å². The molecule has 7 saturated carbocycles. The van der Waals surface area contributed by atoms with Crippen LogP contribution < -0.4 is 4.90 Å². The van der Waals surface area contributed by atoms with E-state index in [0.29, 0.717) is 49.4 Å².